The van der Waals surface area contributed by atoms with Crippen LogP contribution in [0.2, 0.25) is 10.0 Å². The maximum atomic E-state index is 6.05. The summed E-state index contributed by atoms with van der Waals surface area (Å²) in [5.74, 6) is 0. The largest absolute Gasteiger partial charge is 0.299 e. The zero-order valence-electron chi connectivity index (χ0n) is 16.4. The summed E-state index contributed by atoms with van der Waals surface area (Å²) in [6.45, 7) is 4.19. The molecule has 4 nitrogen and oxygen atoms in total. The zero-order chi connectivity index (χ0) is 20.5. The van der Waals surface area contributed by atoms with Crippen molar-refractivity contribution in [2.24, 2.45) is 9.98 Å². The van der Waals surface area contributed by atoms with E-state index in [1.807, 2.05) is 59.1 Å². The van der Waals surface area contributed by atoms with Crippen LogP contribution in [0.25, 0.3) is 0 Å². The lowest BCUT2D eigenvalue weighted by Crippen LogP contribution is -2.09. The first-order chi connectivity index (χ1) is 13.4. The van der Waals surface area contributed by atoms with Crippen LogP contribution in [-0.4, -0.2) is 35.4 Å². The van der Waals surface area contributed by atoms with Crippen LogP contribution in [-0.2, 0) is 12.8 Å². The molecule has 2 aromatic rings. The van der Waals surface area contributed by atoms with Crippen molar-refractivity contribution in [2.75, 3.05) is 14.1 Å². The van der Waals surface area contributed by atoms with Crippen LogP contribution >= 0.6 is 45.2 Å². The molecule has 2 aromatic carbocycles. The van der Waals surface area contributed by atoms with Crippen LogP contribution in [0.4, 0.5) is 11.4 Å². The molecule has 2 rings (SSSR count). The van der Waals surface area contributed by atoms with Gasteiger partial charge in [0.2, 0.25) is 0 Å². The van der Waals surface area contributed by atoms with E-state index in [2.05, 4.69) is 23.8 Å². The summed E-state index contributed by atoms with van der Waals surface area (Å²) in [5, 5.41) is 1.48. The van der Waals surface area contributed by atoms with Crippen molar-refractivity contribution < 1.29 is 0 Å². The third kappa shape index (κ3) is 7.24. The highest BCUT2D eigenvalue weighted by molar-refractivity contribution is 8.75. The molecule has 8 heteroatoms. The highest BCUT2D eigenvalue weighted by atomic mass is 35.5. The van der Waals surface area contributed by atoms with Gasteiger partial charge in [0, 0.05) is 46.1 Å². The summed E-state index contributed by atoms with van der Waals surface area (Å²) in [6.07, 6.45) is 5.39. The van der Waals surface area contributed by atoms with Crippen LogP contribution in [0.3, 0.4) is 0 Å². The zero-order valence-corrected chi connectivity index (χ0v) is 19.5. The number of nitrogens with zero attached hydrogens (tertiary/aromatic N) is 4. The minimum Gasteiger partial charge on any atom is -0.299 e. The lowest BCUT2D eigenvalue weighted by Gasteiger charge is -2.15. The molecule has 0 amide bonds. The summed E-state index contributed by atoms with van der Waals surface area (Å²) in [6, 6.07) is 11.5. The van der Waals surface area contributed by atoms with E-state index < -0.39 is 0 Å². The highest BCUT2D eigenvalue weighted by Crippen LogP contribution is 2.28. The van der Waals surface area contributed by atoms with Gasteiger partial charge in [0.15, 0.2) is 0 Å². The molecule has 0 saturated heterocycles. The van der Waals surface area contributed by atoms with E-state index >= 15 is 0 Å². The van der Waals surface area contributed by atoms with Gasteiger partial charge in [0.05, 0.1) is 11.4 Å². The van der Waals surface area contributed by atoms with Crippen molar-refractivity contribution in [1.29, 1.82) is 0 Å². The summed E-state index contributed by atoms with van der Waals surface area (Å²) >= 11 is 12.1. The van der Waals surface area contributed by atoms with Crippen LogP contribution < -0.4 is 0 Å². The molecule has 28 heavy (non-hydrogen) atoms. The highest BCUT2D eigenvalue weighted by Gasteiger charge is 2.03. The van der Waals surface area contributed by atoms with E-state index in [1.165, 1.54) is 0 Å². The van der Waals surface area contributed by atoms with Crippen LogP contribution in [0.15, 0.2) is 46.4 Å². The minimum atomic E-state index is 0.738. The van der Waals surface area contributed by atoms with Gasteiger partial charge in [0.25, 0.3) is 0 Å². The van der Waals surface area contributed by atoms with Crippen molar-refractivity contribution in [3.63, 3.8) is 0 Å². The number of rotatable bonds is 9. The molecule has 0 atom stereocenters. The van der Waals surface area contributed by atoms with Gasteiger partial charge in [-0.1, -0.05) is 37.0 Å². The van der Waals surface area contributed by atoms with Gasteiger partial charge < -0.3 is 0 Å². The predicted molar refractivity (Wildman–Crippen MR) is 129 cm³/mol. The van der Waals surface area contributed by atoms with Crippen LogP contribution in [0.5, 0.6) is 0 Å². The Kier molecular flexibility index (Phi) is 9.51. The Morgan fingerprint density at radius 1 is 0.786 bits per heavy atom. The fraction of sp³-hybridized carbons (Fsp3) is 0.300. The van der Waals surface area contributed by atoms with Gasteiger partial charge >= 0.3 is 0 Å². The van der Waals surface area contributed by atoms with Crippen LogP contribution in [0, 0.1) is 0 Å². The molecule has 0 saturated carbocycles. The molecule has 0 heterocycles. The van der Waals surface area contributed by atoms with Gasteiger partial charge in [-0.3, -0.25) is 8.61 Å². The number of halogens is 2. The summed E-state index contributed by atoms with van der Waals surface area (Å²) < 4.78 is 3.89. The Balaban J connectivity index is 1.89. The van der Waals surface area contributed by atoms with Gasteiger partial charge in [-0.2, -0.15) is 0 Å². The van der Waals surface area contributed by atoms with Crippen molar-refractivity contribution >= 4 is 69.2 Å². The molecule has 0 radical (unpaired) electrons. The lowest BCUT2D eigenvalue weighted by molar-refractivity contribution is 0.865. The van der Waals surface area contributed by atoms with Gasteiger partial charge in [-0.15, -0.1) is 0 Å². The molecule has 0 N–H and O–H groups in total. The summed E-state index contributed by atoms with van der Waals surface area (Å²) in [4.78, 5) is 9.13. The molecule has 0 fully saturated rings. The third-order valence-electron chi connectivity index (χ3n) is 3.83. The first kappa shape index (κ1) is 22.9. The Hall–Kier alpha value is -1.34. The van der Waals surface area contributed by atoms with E-state index in [-0.39, 0.29) is 0 Å². The molecular weight excluding hydrogens is 431 g/mol. The van der Waals surface area contributed by atoms with Crippen molar-refractivity contribution in [1.82, 2.24) is 8.61 Å². The average molecular weight is 455 g/mol. The maximum Gasteiger partial charge on any atom is 0.102 e. The number of benzene rings is 2. The second-order valence-electron chi connectivity index (χ2n) is 5.98. The van der Waals surface area contributed by atoms with Crippen molar-refractivity contribution in [3.05, 3.63) is 57.6 Å². The van der Waals surface area contributed by atoms with Gasteiger partial charge in [-0.25, -0.2) is 9.98 Å². The molecule has 0 aliphatic rings. The van der Waals surface area contributed by atoms with E-state index in [1.54, 1.807) is 34.6 Å². The molecule has 0 aliphatic heterocycles. The number of hydrogen-bond donors (Lipinski definition) is 0. The van der Waals surface area contributed by atoms with Crippen LogP contribution in [0.1, 0.15) is 25.0 Å². The second-order valence-corrected chi connectivity index (χ2v) is 9.20. The predicted octanol–water partition coefficient (Wildman–Crippen LogP) is 7.21. The van der Waals surface area contributed by atoms with Gasteiger partial charge in [-0.05, 0) is 60.4 Å². The van der Waals surface area contributed by atoms with Crippen molar-refractivity contribution in [2.45, 2.75) is 26.7 Å². The molecule has 150 valence electrons. The number of aryl methyl sites for hydroxylation is 2. The minimum absolute atomic E-state index is 0.738. The molecule has 0 bridgehead atoms. The first-order valence-electron chi connectivity index (χ1n) is 8.88. The number of hydrogen-bond acceptors (Lipinski definition) is 4. The Bertz CT molecular complexity index is 773. The van der Waals surface area contributed by atoms with E-state index in [9.17, 15) is 0 Å². The number of aliphatic imine (C=N–C) groups is 2. The quantitative estimate of drug-likeness (QED) is 0.173. The molecule has 0 aliphatic carbocycles. The fourth-order valence-electron chi connectivity index (χ4n) is 2.36. The second kappa shape index (κ2) is 11.6. The third-order valence-corrected chi connectivity index (χ3v) is 6.64. The van der Waals surface area contributed by atoms with E-state index in [0.717, 1.165) is 45.4 Å². The van der Waals surface area contributed by atoms with Gasteiger partial charge in [0.1, 0.15) is 12.7 Å². The monoisotopic (exact) mass is 454 g/mol. The molecule has 0 unspecified atom stereocenters. The fourth-order valence-corrected chi connectivity index (χ4v) is 3.99. The normalized spacial score (nSPS) is 11.5. The smallest absolute Gasteiger partial charge is 0.102 e. The molecular formula is C20H24Cl2N4S2. The average Bonchev–Trinajstić information content (AvgIpc) is 2.70. The summed E-state index contributed by atoms with van der Waals surface area (Å²) in [5.41, 5.74) is 4.14. The lowest BCUT2D eigenvalue weighted by atomic mass is 10.1. The maximum absolute atomic E-state index is 6.05. The Labute approximate surface area is 185 Å². The Morgan fingerprint density at radius 2 is 1.18 bits per heavy atom. The molecule has 0 spiro atoms. The SMILES string of the molecule is CCc1cc(Cl)ccc1/N=C\N(C)SSN(C)/C=N\c1ccc(Cl)cc1CC. The first-order valence-corrected chi connectivity index (χ1v) is 11.7. The van der Waals surface area contributed by atoms with Crippen molar-refractivity contribution in [3.8, 4) is 0 Å². The standard InChI is InChI=1S/C20H24Cl2N4S2/c1-5-15-11-17(21)7-9-19(15)23-13-25(3)27-28-26(4)14-24-20-10-8-18(22)12-16(20)6-2/h7-14H,5-6H2,1-4H3/b23-13-,24-14-. The van der Waals surface area contributed by atoms with E-state index in [0.29, 0.717) is 0 Å². The topological polar surface area (TPSA) is 31.2 Å². The van der Waals surface area contributed by atoms with E-state index in [4.69, 9.17) is 23.2 Å². The Morgan fingerprint density at radius 3 is 1.54 bits per heavy atom. The molecule has 0 aromatic heterocycles. The summed E-state index contributed by atoms with van der Waals surface area (Å²) in [7, 11) is 7.03.